The smallest absolute Gasteiger partial charge is 0.309 e. The number of hydrogen-bond acceptors (Lipinski definition) is 2. The summed E-state index contributed by atoms with van der Waals surface area (Å²) in [6.07, 6.45) is -0.0865. The summed E-state index contributed by atoms with van der Waals surface area (Å²) in [6.45, 7) is 3.76. The Hall–Kier alpha value is -2.30. The van der Waals surface area contributed by atoms with E-state index in [2.05, 4.69) is 0 Å². The van der Waals surface area contributed by atoms with E-state index in [0.717, 1.165) is 11.3 Å². The lowest BCUT2D eigenvalue weighted by molar-refractivity contribution is -0.136. The van der Waals surface area contributed by atoms with E-state index >= 15 is 0 Å². The Morgan fingerprint density at radius 1 is 1.15 bits per heavy atom. The van der Waals surface area contributed by atoms with Crippen LogP contribution in [0.1, 0.15) is 33.1 Å². The molecule has 0 aliphatic heterocycles. The maximum atomic E-state index is 12.6. The molecule has 0 saturated heterocycles. The Morgan fingerprint density at radius 3 is 2.30 bits per heavy atom. The Bertz CT molecular complexity index is 692. The van der Waals surface area contributed by atoms with Crippen LogP contribution in [-0.2, 0) is 25.3 Å². The molecule has 20 heavy (non-hydrogen) atoms. The standard InChI is InChI=1S/C15H18N2O3/c1-9-7-11(8-13(18)19)17(4)14(9)15(20)12-6-5-10(2)16(12)3/h5-7H,8H2,1-4H3,(H,18,19). The predicted octanol–water partition coefficient (Wildman–Crippen LogP) is 1.84. The van der Waals surface area contributed by atoms with Crippen molar-refractivity contribution in [3.05, 3.63) is 46.5 Å². The summed E-state index contributed by atoms with van der Waals surface area (Å²) in [7, 11) is 3.58. The summed E-state index contributed by atoms with van der Waals surface area (Å²) in [5, 5.41) is 8.89. The molecule has 0 atom stereocenters. The lowest BCUT2D eigenvalue weighted by Gasteiger charge is -2.08. The predicted molar refractivity (Wildman–Crippen MR) is 75.1 cm³/mol. The van der Waals surface area contributed by atoms with Crippen LogP contribution in [0.15, 0.2) is 18.2 Å². The van der Waals surface area contributed by atoms with Crippen LogP contribution in [0.25, 0.3) is 0 Å². The molecule has 106 valence electrons. The highest BCUT2D eigenvalue weighted by molar-refractivity contribution is 6.08. The van der Waals surface area contributed by atoms with Gasteiger partial charge in [0.2, 0.25) is 5.78 Å². The van der Waals surface area contributed by atoms with E-state index in [0.29, 0.717) is 17.1 Å². The van der Waals surface area contributed by atoms with Gasteiger partial charge in [0.25, 0.3) is 0 Å². The van der Waals surface area contributed by atoms with Gasteiger partial charge in [0.15, 0.2) is 0 Å². The van der Waals surface area contributed by atoms with Crippen LogP contribution in [0.5, 0.6) is 0 Å². The molecule has 0 aromatic carbocycles. The number of aryl methyl sites for hydroxylation is 2. The zero-order valence-corrected chi connectivity index (χ0v) is 12.1. The van der Waals surface area contributed by atoms with Gasteiger partial charge in [-0.25, -0.2) is 0 Å². The zero-order valence-electron chi connectivity index (χ0n) is 12.1. The van der Waals surface area contributed by atoms with E-state index in [1.54, 1.807) is 23.7 Å². The highest BCUT2D eigenvalue weighted by Gasteiger charge is 2.21. The van der Waals surface area contributed by atoms with Crippen molar-refractivity contribution < 1.29 is 14.7 Å². The van der Waals surface area contributed by atoms with E-state index in [4.69, 9.17) is 5.11 Å². The number of nitrogens with zero attached hydrogens (tertiary/aromatic N) is 2. The summed E-state index contributed by atoms with van der Waals surface area (Å²) < 4.78 is 3.51. The maximum Gasteiger partial charge on any atom is 0.309 e. The van der Waals surface area contributed by atoms with Gasteiger partial charge in [-0.05, 0) is 37.6 Å². The van der Waals surface area contributed by atoms with Crippen molar-refractivity contribution in [1.29, 1.82) is 0 Å². The molecule has 0 spiro atoms. The van der Waals surface area contributed by atoms with E-state index in [9.17, 15) is 9.59 Å². The highest BCUT2D eigenvalue weighted by atomic mass is 16.4. The molecule has 2 heterocycles. The monoisotopic (exact) mass is 274 g/mol. The van der Waals surface area contributed by atoms with Gasteiger partial charge in [-0.15, -0.1) is 0 Å². The van der Waals surface area contributed by atoms with Gasteiger partial charge >= 0.3 is 5.97 Å². The number of carboxylic acid groups (broad SMARTS) is 1. The number of aliphatic carboxylic acids is 1. The number of aromatic nitrogens is 2. The van der Waals surface area contributed by atoms with Crippen LogP contribution in [0, 0.1) is 13.8 Å². The van der Waals surface area contributed by atoms with E-state index in [1.807, 2.05) is 31.5 Å². The molecule has 0 bridgehead atoms. The Labute approximate surface area is 117 Å². The fraction of sp³-hybridized carbons (Fsp3) is 0.333. The largest absolute Gasteiger partial charge is 0.481 e. The van der Waals surface area contributed by atoms with Crippen LogP contribution in [0.3, 0.4) is 0 Å². The van der Waals surface area contributed by atoms with Gasteiger partial charge in [-0.1, -0.05) is 0 Å². The van der Waals surface area contributed by atoms with Crippen molar-refractivity contribution >= 4 is 11.8 Å². The van der Waals surface area contributed by atoms with Gasteiger partial charge in [-0.3, -0.25) is 9.59 Å². The fourth-order valence-electron chi connectivity index (χ4n) is 2.44. The number of ketones is 1. The minimum Gasteiger partial charge on any atom is -0.481 e. The van der Waals surface area contributed by atoms with Crippen molar-refractivity contribution in [2.45, 2.75) is 20.3 Å². The minimum atomic E-state index is -0.903. The molecule has 0 aliphatic rings. The normalized spacial score (nSPS) is 10.8. The SMILES string of the molecule is Cc1cc(CC(=O)O)n(C)c1C(=O)c1ccc(C)n1C. The summed E-state index contributed by atoms with van der Waals surface area (Å²) in [6, 6.07) is 5.45. The summed E-state index contributed by atoms with van der Waals surface area (Å²) in [5.41, 5.74) is 3.58. The molecular weight excluding hydrogens is 256 g/mol. The van der Waals surface area contributed by atoms with Crippen molar-refractivity contribution in [3.8, 4) is 0 Å². The first-order valence-electron chi connectivity index (χ1n) is 6.37. The molecule has 0 radical (unpaired) electrons. The molecule has 2 aromatic rings. The number of carbonyl (C=O) groups is 2. The van der Waals surface area contributed by atoms with Crippen LogP contribution in [0.2, 0.25) is 0 Å². The number of rotatable bonds is 4. The molecule has 2 rings (SSSR count). The number of carboxylic acids is 1. The molecule has 0 unspecified atom stereocenters. The van der Waals surface area contributed by atoms with Crippen molar-refractivity contribution in [2.75, 3.05) is 0 Å². The van der Waals surface area contributed by atoms with Gasteiger partial charge in [0, 0.05) is 25.5 Å². The first-order valence-corrected chi connectivity index (χ1v) is 6.37. The lowest BCUT2D eigenvalue weighted by Crippen LogP contribution is -2.15. The molecule has 0 fully saturated rings. The third kappa shape index (κ3) is 2.27. The van der Waals surface area contributed by atoms with Crippen LogP contribution in [-0.4, -0.2) is 26.0 Å². The molecule has 5 heteroatoms. The second-order valence-electron chi connectivity index (χ2n) is 5.04. The van der Waals surface area contributed by atoms with Gasteiger partial charge < -0.3 is 14.2 Å². The molecule has 0 aliphatic carbocycles. The van der Waals surface area contributed by atoms with E-state index in [-0.39, 0.29) is 12.2 Å². The van der Waals surface area contributed by atoms with Gasteiger partial charge in [-0.2, -0.15) is 0 Å². The average molecular weight is 274 g/mol. The van der Waals surface area contributed by atoms with Crippen LogP contribution >= 0.6 is 0 Å². The molecule has 1 N–H and O–H groups in total. The van der Waals surface area contributed by atoms with Crippen molar-refractivity contribution in [2.24, 2.45) is 14.1 Å². The van der Waals surface area contributed by atoms with Gasteiger partial charge in [0.05, 0.1) is 17.8 Å². The fourth-order valence-corrected chi connectivity index (χ4v) is 2.44. The Kier molecular flexibility index (Phi) is 3.53. The zero-order chi connectivity index (χ0) is 15.0. The Morgan fingerprint density at radius 2 is 1.80 bits per heavy atom. The first kappa shape index (κ1) is 14.1. The average Bonchev–Trinajstić information content (AvgIpc) is 2.81. The summed E-state index contributed by atoms with van der Waals surface area (Å²) in [5.74, 6) is -0.989. The summed E-state index contributed by atoms with van der Waals surface area (Å²) >= 11 is 0. The van der Waals surface area contributed by atoms with Gasteiger partial charge in [0.1, 0.15) is 0 Å². The summed E-state index contributed by atoms with van der Waals surface area (Å²) in [4.78, 5) is 23.5. The van der Waals surface area contributed by atoms with Crippen molar-refractivity contribution in [1.82, 2.24) is 9.13 Å². The molecular formula is C15H18N2O3. The third-order valence-electron chi connectivity index (χ3n) is 3.68. The first-order chi connectivity index (χ1) is 9.32. The van der Waals surface area contributed by atoms with Crippen LogP contribution < -0.4 is 0 Å². The lowest BCUT2D eigenvalue weighted by atomic mass is 10.1. The quantitative estimate of drug-likeness (QED) is 0.865. The number of hydrogen-bond donors (Lipinski definition) is 1. The number of carbonyl (C=O) groups excluding carboxylic acids is 1. The van der Waals surface area contributed by atoms with Crippen LogP contribution in [0.4, 0.5) is 0 Å². The second-order valence-corrected chi connectivity index (χ2v) is 5.04. The maximum absolute atomic E-state index is 12.6. The van der Waals surface area contributed by atoms with Crippen molar-refractivity contribution in [3.63, 3.8) is 0 Å². The van der Waals surface area contributed by atoms with E-state index in [1.165, 1.54) is 0 Å². The minimum absolute atomic E-state index is 0.0859. The van der Waals surface area contributed by atoms with E-state index < -0.39 is 5.97 Å². The highest BCUT2D eigenvalue weighted by Crippen LogP contribution is 2.19. The second kappa shape index (κ2) is 5.00. The Balaban J connectivity index is 2.48. The topological polar surface area (TPSA) is 64.2 Å². The molecule has 0 amide bonds. The third-order valence-corrected chi connectivity index (χ3v) is 3.68. The molecule has 5 nitrogen and oxygen atoms in total. The molecule has 2 aromatic heterocycles. The molecule has 0 saturated carbocycles.